The predicted molar refractivity (Wildman–Crippen MR) is 78.2 cm³/mol. The fraction of sp³-hybridized carbons (Fsp3) is 0.714. The van der Waals surface area contributed by atoms with E-state index in [1.807, 2.05) is 12.4 Å². The summed E-state index contributed by atoms with van der Waals surface area (Å²) in [6.45, 7) is 6.16. The zero-order valence-electron chi connectivity index (χ0n) is 12.3. The van der Waals surface area contributed by atoms with Crippen molar-refractivity contribution in [3.63, 3.8) is 0 Å². The molecule has 5 nitrogen and oxygen atoms in total. The van der Waals surface area contributed by atoms with Crippen molar-refractivity contribution in [3.8, 4) is 0 Å². The second-order valence-corrected chi connectivity index (χ2v) is 5.45. The molecule has 0 amide bonds. The number of nitrogens with zero attached hydrogens (tertiary/aromatic N) is 4. The molecule has 1 aromatic heterocycles. The molecule has 1 atom stereocenters. The van der Waals surface area contributed by atoms with Gasteiger partial charge in [-0.15, -0.1) is 0 Å². The highest BCUT2D eigenvalue weighted by molar-refractivity contribution is 5.30. The van der Waals surface area contributed by atoms with Crippen LogP contribution in [0.2, 0.25) is 0 Å². The molecule has 0 aliphatic carbocycles. The first kappa shape index (κ1) is 14.2. The van der Waals surface area contributed by atoms with Gasteiger partial charge in [-0.25, -0.2) is 4.98 Å². The normalized spacial score (nSPS) is 20.1. The van der Waals surface area contributed by atoms with Crippen molar-refractivity contribution in [1.29, 1.82) is 0 Å². The van der Waals surface area contributed by atoms with E-state index >= 15 is 0 Å². The monoisotopic (exact) mass is 263 g/mol. The summed E-state index contributed by atoms with van der Waals surface area (Å²) in [7, 11) is 4.28. The third kappa shape index (κ3) is 4.14. The standard InChI is InChI=1S/C14H25N5/c1-4-15-14-9-16-12(8-17-14)10-19-7-5-6-13(19)11-18(2)3/h8-9,13H,4-7,10-11H2,1-3H3,(H,15,17). The molecule has 0 saturated carbocycles. The Morgan fingerprint density at radius 2 is 2.21 bits per heavy atom. The van der Waals surface area contributed by atoms with Crippen LogP contribution in [0.1, 0.15) is 25.5 Å². The molecule has 106 valence electrons. The summed E-state index contributed by atoms with van der Waals surface area (Å²) in [5.74, 6) is 0.859. The lowest BCUT2D eigenvalue weighted by atomic mass is 10.2. The predicted octanol–water partition coefficient (Wildman–Crippen LogP) is 1.43. The highest BCUT2D eigenvalue weighted by atomic mass is 15.2. The quantitative estimate of drug-likeness (QED) is 0.841. The number of nitrogens with one attached hydrogen (secondary N) is 1. The van der Waals surface area contributed by atoms with Gasteiger partial charge in [0.25, 0.3) is 0 Å². The zero-order valence-corrected chi connectivity index (χ0v) is 12.3. The molecule has 0 aromatic carbocycles. The Labute approximate surface area is 116 Å². The van der Waals surface area contributed by atoms with Crippen molar-refractivity contribution >= 4 is 5.82 Å². The smallest absolute Gasteiger partial charge is 0.144 e. The van der Waals surface area contributed by atoms with Gasteiger partial charge in [0.05, 0.1) is 18.1 Å². The number of likely N-dealkylation sites (N-methyl/N-ethyl adjacent to an activating group) is 1. The molecular formula is C14H25N5. The highest BCUT2D eigenvalue weighted by Gasteiger charge is 2.25. The maximum Gasteiger partial charge on any atom is 0.144 e. The first-order valence-electron chi connectivity index (χ1n) is 7.12. The highest BCUT2D eigenvalue weighted by Crippen LogP contribution is 2.19. The number of likely N-dealkylation sites (tertiary alicyclic amines) is 1. The molecule has 5 heteroatoms. The van der Waals surface area contributed by atoms with Crippen LogP contribution in [0.25, 0.3) is 0 Å². The molecule has 1 aromatic rings. The van der Waals surface area contributed by atoms with Crippen LogP contribution in [0.15, 0.2) is 12.4 Å². The zero-order chi connectivity index (χ0) is 13.7. The van der Waals surface area contributed by atoms with E-state index in [9.17, 15) is 0 Å². The number of hydrogen-bond donors (Lipinski definition) is 1. The van der Waals surface area contributed by atoms with Crippen molar-refractivity contribution in [2.45, 2.75) is 32.4 Å². The van der Waals surface area contributed by atoms with Crippen molar-refractivity contribution in [2.75, 3.05) is 39.0 Å². The number of anilines is 1. The van der Waals surface area contributed by atoms with E-state index in [0.29, 0.717) is 6.04 Å². The summed E-state index contributed by atoms with van der Waals surface area (Å²) in [5.41, 5.74) is 1.06. The summed E-state index contributed by atoms with van der Waals surface area (Å²) in [6, 6.07) is 0.658. The molecule has 1 N–H and O–H groups in total. The maximum atomic E-state index is 4.49. The Morgan fingerprint density at radius 1 is 1.37 bits per heavy atom. The van der Waals surface area contributed by atoms with Gasteiger partial charge in [0, 0.05) is 25.7 Å². The molecule has 19 heavy (non-hydrogen) atoms. The molecular weight excluding hydrogens is 238 g/mol. The molecule has 1 aliphatic rings. The van der Waals surface area contributed by atoms with Gasteiger partial charge < -0.3 is 10.2 Å². The minimum atomic E-state index is 0.658. The second-order valence-electron chi connectivity index (χ2n) is 5.45. The van der Waals surface area contributed by atoms with Gasteiger partial charge >= 0.3 is 0 Å². The van der Waals surface area contributed by atoms with Crippen LogP contribution in [0.4, 0.5) is 5.82 Å². The molecule has 0 radical (unpaired) electrons. The first-order valence-corrected chi connectivity index (χ1v) is 7.12. The maximum absolute atomic E-state index is 4.49. The van der Waals surface area contributed by atoms with Gasteiger partial charge in [0.1, 0.15) is 5.82 Å². The minimum Gasteiger partial charge on any atom is -0.369 e. The van der Waals surface area contributed by atoms with Crippen LogP contribution < -0.4 is 5.32 Å². The topological polar surface area (TPSA) is 44.3 Å². The van der Waals surface area contributed by atoms with Crippen molar-refractivity contribution in [3.05, 3.63) is 18.1 Å². The Kier molecular flexibility index (Phi) is 5.10. The Hall–Kier alpha value is -1.20. The van der Waals surface area contributed by atoms with E-state index < -0.39 is 0 Å². The Morgan fingerprint density at radius 3 is 2.84 bits per heavy atom. The average molecular weight is 263 g/mol. The van der Waals surface area contributed by atoms with E-state index in [1.165, 1.54) is 19.4 Å². The Balaban J connectivity index is 1.92. The third-order valence-electron chi connectivity index (χ3n) is 3.50. The van der Waals surface area contributed by atoms with Crippen molar-refractivity contribution in [1.82, 2.24) is 19.8 Å². The lowest BCUT2D eigenvalue weighted by Gasteiger charge is -2.26. The Bertz CT molecular complexity index is 376. The molecule has 1 unspecified atom stereocenters. The summed E-state index contributed by atoms with van der Waals surface area (Å²) >= 11 is 0. The fourth-order valence-electron chi connectivity index (χ4n) is 2.65. The number of aromatic nitrogens is 2. The summed E-state index contributed by atoms with van der Waals surface area (Å²) < 4.78 is 0. The van der Waals surface area contributed by atoms with Crippen LogP contribution in [0.5, 0.6) is 0 Å². The molecule has 2 rings (SSSR count). The van der Waals surface area contributed by atoms with E-state index in [2.05, 4.69) is 46.1 Å². The molecule has 1 fully saturated rings. The number of hydrogen-bond acceptors (Lipinski definition) is 5. The fourth-order valence-corrected chi connectivity index (χ4v) is 2.65. The summed E-state index contributed by atoms with van der Waals surface area (Å²) in [4.78, 5) is 13.7. The molecule has 1 saturated heterocycles. The molecule has 0 spiro atoms. The van der Waals surface area contributed by atoms with Gasteiger partial charge in [-0.1, -0.05) is 0 Å². The molecule has 2 heterocycles. The van der Waals surface area contributed by atoms with Crippen LogP contribution in [-0.2, 0) is 6.54 Å². The van der Waals surface area contributed by atoms with Crippen LogP contribution in [-0.4, -0.2) is 59.5 Å². The second kappa shape index (κ2) is 6.82. The van der Waals surface area contributed by atoms with Gasteiger partial charge in [0.2, 0.25) is 0 Å². The van der Waals surface area contributed by atoms with Crippen LogP contribution in [0.3, 0.4) is 0 Å². The van der Waals surface area contributed by atoms with Gasteiger partial charge in [0.15, 0.2) is 0 Å². The summed E-state index contributed by atoms with van der Waals surface area (Å²) in [6.07, 6.45) is 6.31. The molecule has 0 bridgehead atoms. The lowest BCUT2D eigenvalue weighted by molar-refractivity contribution is 0.199. The van der Waals surface area contributed by atoms with Gasteiger partial charge in [-0.05, 0) is 40.4 Å². The third-order valence-corrected chi connectivity index (χ3v) is 3.50. The minimum absolute atomic E-state index is 0.658. The number of rotatable bonds is 6. The summed E-state index contributed by atoms with van der Waals surface area (Å²) in [5, 5.41) is 3.17. The van der Waals surface area contributed by atoms with Gasteiger partial charge in [-0.3, -0.25) is 9.88 Å². The first-order chi connectivity index (χ1) is 9.19. The van der Waals surface area contributed by atoms with Gasteiger partial charge in [-0.2, -0.15) is 0 Å². The molecule has 1 aliphatic heterocycles. The van der Waals surface area contributed by atoms with Crippen molar-refractivity contribution < 1.29 is 0 Å². The van der Waals surface area contributed by atoms with E-state index in [0.717, 1.165) is 31.1 Å². The van der Waals surface area contributed by atoms with Crippen molar-refractivity contribution in [2.24, 2.45) is 0 Å². The average Bonchev–Trinajstić information content (AvgIpc) is 2.79. The van der Waals surface area contributed by atoms with E-state index in [-0.39, 0.29) is 0 Å². The largest absolute Gasteiger partial charge is 0.369 e. The van der Waals surface area contributed by atoms with E-state index in [4.69, 9.17) is 0 Å². The van der Waals surface area contributed by atoms with Crippen LogP contribution >= 0.6 is 0 Å². The lowest BCUT2D eigenvalue weighted by Crippen LogP contribution is -2.37. The SMILES string of the molecule is CCNc1cnc(CN2CCCC2CN(C)C)cn1. The van der Waals surface area contributed by atoms with Crippen LogP contribution in [0, 0.1) is 0 Å². The van der Waals surface area contributed by atoms with E-state index in [1.54, 1.807) is 0 Å².